The molecule has 0 fully saturated rings. The van der Waals surface area contributed by atoms with E-state index in [1.54, 1.807) is 24.3 Å². The number of hydrogen-bond donors (Lipinski definition) is 2. The largest absolute Gasteiger partial charge is 0.508 e. The van der Waals surface area contributed by atoms with Gasteiger partial charge in [0.1, 0.15) is 24.9 Å². The summed E-state index contributed by atoms with van der Waals surface area (Å²) in [5.41, 5.74) is 6.69. The van der Waals surface area contributed by atoms with Crippen LogP contribution in [0.5, 0.6) is 5.75 Å². The van der Waals surface area contributed by atoms with Crippen LogP contribution in [-0.2, 0) is 16.0 Å². The Hall–Kier alpha value is -1.59. The second-order valence-corrected chi connectivity index (χ2v) is 5.66. The normalized spacial score (nSPS) is 13.1. The molecule has 1 aromatic rings. The lowest BCUT2D eigenvalue weighted by Crippen LogP contribution is -2.40. The molecule has 0 radical (unpaired) electrons. The van der Waals surface area contributed by atoms with Crippen molar-refractivity contribution in [3.05, 3.63) is 29.8 Å². The molecule has 1 rings (SSSR count). The van der Waals surface area contributed by atoms with Gasteiger partial charge in [-0.1, -0.05) is 12.1 Å². The molecule has 106 valence electrons. The fourth-order valence-corrected chi connectivity index (χ4v) is 1.50. The molecule has 0 saturated carbocycles. The molecule has 0 aromatic heterocycles. The summed E-state index contributed by atoms with van der Waals surface area (Å²) in [6, 6.07) is 5.97. The molecule has 1 atom stereocenters. The average Bonchev–Trinajstić information content (AvgIpc) is 2.30. The van der Waals surface area contributed by atoms with Crippen LogP contribution in [0.4, 0.5) is 0 Å². The van der Waals surface area contributed by atoms with Crippen LogP contribution in [0.3, 0.4) is 0 Å². The quantitative estimate of drug-likeness (QED) is 0.582. The maximum absolute atomic E-state index is 11.7. The first-order chi connectivity index (χ1) is 8.78. The number of esters is 1. The monoisotopic (exact) mass is 267 g/mol. The van der Waals surface area contributed by atoms with Crippen LogP contribution in [-0.4, -0.2) is 55.9 Å². The van der Waals surface area contributed by atoms with Crippen LogP contribution < -0.4 is 5.73 Å². The predicted octanol–water partition coefficient (Wildman–Crippen LogP) is 0.511. The van der Waals surface area contributed by atoms with E-state index in [9.17, 15) is 4.79 Å². The van der Waals surface area contributed by atoms with Crippen LogP contribution in [0.2, 0.25) is 0 Å². The van der Waals surface area contributed by atoms with E-state index >= 15 is 0 Å². The summed E-state index contributed by atoms with van der Waals surface area (Å²) in [5.74, 6) is -0.190. The maximum Gasteiger partial charge on any atom is 0.323 e. The number of aromatic hydroxyl groups is 1. The maximum atomic E-state index is 11.7. The van der Waals surface area contributed by atoms with Crippen molar-refractivity contribution in [2.45, 2.75) is 12.5 Å². The van der Waals surface area contributed by atoms with Crippen molar-refractivity contribution < 1.29 is 19.1 Å². The Labute approximate surface area is 114 Å². The van der Waals surface area contributed by atoms with Crippen molar-refractivity contribution in [3.63, 3.8) is 0 Å². The van der Waals surface area contributed by atoms with Gasteiger partial charge in [-0.2, -0.15) is 0 Å². The van der Waals surface area contributed by atoms with Gasteiger partial charge in [0.2, 0.25) is 0 Å². The predicted molar refractivity (Wildman–Crippen MR) is 73.6 cm³/mol. The third-order valence-electron chi connectivity index (χ3n) is 2.70. The number of nitrogens with zero attached hydrogens (tertiary/aromatic N) is 1. The Kier molecular flexibility index (Phi) is 5.32. The first kappa shape index (κ1) is 15.5. The number of ether oxygens (including phenoxy) is 1. The van der Waals surface area contributed by atoms with Crippen LogP contribution in [0, 0.1) is 0 Å². The lowest BCUT2D eigenvalue weighted by Gasteiger charge is -2.23. The van der Waals surface area contributed by atoms with E-state index in [0.717, 1.165) is 16.6 Å². The van der Waals surface area contributed by atoms with Crippen LogP contribution in [0.15, 0.2) is 24.3 Å². The lowest BCUT2D eigenvalue weighted by molar-refractivity contribution is -0.870. The van der Waals surface area contributed by atoms with E-state index in [4.69, 9.17) is 15.6 Å². The minimum atomic E-state index is -0.669. The molecular weight excluding hydrogens is 244 g/mol. The minimum absolute atomic E-state index is 0.197. The molecule has 0 unspecified atom stereocenters. The standard InChI is InChI=1S/C14H22N2O3/c1-16(2,3)8-9-19-14(18)13(15)10-11-4-6-12(17)7-5-11/h4-7,13H,8-10,15H2,1-3H3/p+1/t13-/m0/s1. The van der Waals surface area contributed by atoms with Gasteiger partial charge in [-0.25, -0.2) is 0 Å². The molecule has 3 N–H and O–H groups in total. The fraction of sp³-hybridized carbons (Fsp3) is 0.500. The summed E-state index contributed by atoms with van der Waals surface area (Å²) in [7, 11) is 6.10. The minimum Gasteiger partial charge on any atom is -0.508 e. The highest BCUT2D eigenvalue weighted by Gasteiger charge is 2.17. The topological polar surface area (TPSA) is 72.5 Å². The zero-order valence-corrected chi connectivity index (χ0v) is 11.8. The summed E-state index contributed by atoms with van der Waals surface area (Å²) in [4.78, 5) is 11.7. The summed E-state index contributed by atoms with van der Waals surface area (Å²) in [5, 5.41) is 9.17. The number of phenols is 1. The number of carbonyl (C=O) groups excluding carboxylic acids is 1. The van der Waals surface area contributed by atoms with E-state index in [2.05, 4.69) is 0 Å². The van der Waals surface area contributed by atoms with E-state index in [1.807, 2.05) is 21.1 Å². The summed E-state index contributed by atoms with van der Waals surface area (Å²) in [6.07, 6.45) is 0.406. The summed E-state index contributed by atoms with van der Waals surface area (Å²) in [6.45, 7) is 1.11. The SMILES string of the molecule is C[N+](C)(C)CCOC(=O)[C@@H](N)Cc1ccc(O)cc1. The van der Waals surface area contributed by atoms with Crippen LogP contribution in [0.25, 0.3) is 0 Å². The van der Waals surface area contributed by atoms with Gasteiger partial charge in [-0.15, -0.1) is 0 Å². The molecule has 0 aliphatic carbocycles. The highest BCUT2D eigenvalue weighted by Crippen LogP contribution is 2.11. The molecule has 0 bridgehead atoms. The van der Waals surface area contributed by atoms with Crippen molar-refractivity contribution in [2.75, 3.05) is 34.3 Å². The number of phenolic OH excluding ortho intramolecular Hbond substituents is 1. The van der Waals surface area contributed by atoms with Gasteiger partial charge in [0.25, 0.3) is 0 Å². The molecule has 1 aromatic carbocycles. The van der Waals surface area contributed by atoms with Crippen LogP contribution in [0.1, 0.15) is 5.56 Å². The van der Waals surface area contributed by atoms with Gasteiger partial charge in [0, 0.05) is 0 Å². The smallest absolute Gasteiger partial charge is 0.323 e. The highest BCUT2D eigenvalue weighted by molar-refractivity contribution is 5.75. The van der Waals surface area contributed by atoms with Gasteiger partial charge < -0.3 is 20.1 Å². The molecule has 0 amide bonds. The number of quaternary nitrogens is 1. The number of carbonyl (C=O) groups is 1. The third-order valence-corrected chi connectivity index (χ3v) is 2.70. The Balaban J connectivity index is 2.38. The Morgan fingerprint density at radius 1 is 1.32 bits per heavy atom. The molecule has 0 aliphatic heterocycles. The van der Waals surface area contributed by atoms with E-state index in [0.29, 0.717) is 13.0 Å². The first-order valence-corrected chi connectivity index (χ1v) is 6.28. The summed E-state index contributed by atoms with van der Waals surface area (Å²) >= 11 is 0. The molecule has 0 aliphatic rings. The molecule has 5 heteroatoms. The van der Waals surface area contributed by atoms with E-state index < -0.39 is 6.04 Å². The second kappa shape index (κ2) is 6.54. The number of hydrogen-bond acceptors (Lipinski definition) is 4. The zero-order chi connectivity index (χ0) is 14.5. The molecule has 0 saturated heterocycles. The highest BCUT2D eigenvalue weighted by atomic mass is 16.5. The number of likely N-dealkylation sites (N-methyl/N-ethyl adjacent to an activating group) is 1. The third kappa shape index (κ3) is 6.22. The second-order valence-electron chi connectivity index (χ2n) is 5.66. The average molecular weight is 267 g/mol. The Morgan fingerprint density at radius 3 is 2.42 bits per heavy atom. The first-order valence-electron chi connectivity index (χ1n) is 6.28. The van der Waals surface area contributed by atoms with E-state index in [-0.39, 0.29) is 11.7 Å². The molecule has 0 heterocycles. The van der Waals surface area contributed by atoms with Gasteiger partial charge >= 0.3 is 5.97 Å². The van der Waals surface area contributed by atoms with Gasteiger partial charge in [0.15, 0.2) is 0 Å². The van der Waals surface area contributed by atoms with E-state index in [1.165, 1.54) is 0 Å². The lowest BCUT2D eigenvalue weighted by atomic mass is 10.1. The Bertz CT molecular complexity index is 410. The van der Waals surface area contributed by atoms with Crippen LogP contribution >= 0.6 is 0 Å². The van der Waals surface area contributed by atoms with Gasteiger partial charge in [-0.05, 0) is 24.1 Å². The molecule has 19 heavy (non-hydrogen) atoms. The number of benzene rings is 1. The van der Waals surface area contributed by atoms with Crippen molar-refractivity contribution in [2.24, 2.45) is 5.73 Å². The fourth-order valence-electron chi connectivity index (χ4n) is 1.50. The molecule has 0 spiro atoms. The van der Waals surface area contributed by atoms with Crippen molar-refractivity contribution >= 4 is 5.97 Å². The van der Waals surface area contributed by atoms with Gasteiger partial charge in [-0.3, -0.25) is 4.79 Å². The Morgan fingerprint density at radius 2 is 1.89 bits per heavy atom. The number of rotatable bonds is 6. The number of nitrogens with two attached hydrogens (primary N) is 1. The van der Waals surface area contributed by atoms with Crippen molar-refractivity contribution in [3.8, 4) is 5.75 Å². The zero-order valence-electron chi connectivity index (χ0n) is 11.8. The van der Waals surface area contributed by atoms with Crippen molar-refractivity contribution in [1.82, 2.24) is 0 Å². The molecule has 5 nitrogen and oxygen atoms in total. The molecular formula is C14H23N2O3+. The van der Waals surface area contributed by atoms with Crippen molar-refractivity contribution in [1.29, 1.82) is 0 Å². The van der Waals surface area contributed by atoms with Gasteiger partial charge in [0.05, 0.1) is 21.1 Å². The summed E-state index contributed by atoms with van der Waals surface area (Å²) < 4.78 is 5.88.